The molecule has 2 aliphatic heterocycles. The first-order valence-electron chi connectivity index (χ1n) is 3.85. The zero-order valence-corrected chi connectivity index (χ0v) is 6.36. The van der Waals surface area contributed by atoms with Gasteiger partial charge in [0.05, 0.1) is 0 Å². The lowest BCUT2D eigenvalue weighted by molar-refractivity contribution is -0.163. The Hall–Kier alpha value is -1.06. The van der Waals surface area contributed by atoms with E-state index < -0.39 is 0 Å². The van der Waals surface area contributed by atoms with Crippen molar-refractivity contribution in [1.29, 1.82) is 0 Å². The summed E-state index contributed by atoms with van der Waals surface area (Å²) < 4.78 is 9.47. The van der Waals surface area contributed by atoms with E-state index in [-0.39, 0.29) is 24.1 Å². The van der Waals surface area contributed by atoms with Crippen molar-refractivity contribution in [1.82, 2.24) is 0 Å². The molecule has 2 atom stereocenters. The summed E-state index contributed by atoms with van der Waals surface area (Å²) in [6.07, 6.45) is 4.40. The van der Waals surface area contributed by atoms with Gasteiger partial charge < -0.3 is 9.47 Å². The molecular formula is C8H8O4. The molecule has 12 heavy (non-hydrogen) atoms. The Morgan fingerprint density at radius 1 is 1.00 bits per heavy atom. The van der Waals surface area contributed by atoms with Gasteiger partial charge in [0.1, 0.15) is 25.0 Å². The van der Waals surface area contributed by atoms with Gasteiger partial charge in [0.2, 0.25) is 0 Å². The molecule has 0 bridgehead atoms. The molecule has 0 amide bonds. The van der Waals surface area contributed by atoms with Crippen molar-refractivity contribution in [2.24, 2.45) is 0 Å². The molecule has 0 aliphatic carbocycles. The van der Waals surface area contributed by atoms with E-state index in [1.54, 1.807) is 0 Å². The predicted octanol–water partition coefficient (Wildman–Crippen LogP) is 0.0260. The standard InChI is InChI=1S/C8H8O4/c9-7-3-5(11-7)1-2-6-4-8(10)12-6/h3-6H,1-2H2. The number of rotatable bonds is 3. The molecule has 0 spiro atoms. The first-order chi connectivity index (χ1) is 5.74. The SMILES string of the molecule is O=C1[CH]C(CCC2[CH]C(=O)O2)O1. The van der Waals surface area contributed by atoms with Crippen molar-refractivity contribution in [3.63, 3.8) is 0 Å². The van der Waals surface area contributed by atoms with E-state index in [9.17, 15) is 9.59 Å². The smallest absolute Gasteiger partial charge is 0.314 e. The number of hydrogen-bond donors (Lipinski definition) is 0. The summed E-state index contributed by atoms with van der Waals surface area (Å²) in [6, 6.07) is 0. The van der Waals surface area contributed by atoms with Crippen molar-refractivity contribution in [3.8, 4) is 0 Å². The fraction of sp³-hybridized carbons (Fsp3) is 0.500. The van der Waals surface area contributed by atoms with Crippen LogP contribution >= 0.6 is 0 Å². The second-order valence-corrected chi connectivity index (χ2v) is 2.86. The molecule has 2 rings (SSSR count). The van der Waals surface area contributed by atoms with Gasteiger partial charge in [-0.1, -0.05) is 0 Å². The van der Waals surface area contributed by atoms with Gasteiger partial charge >= 0.3 is 11.9 Å². The molecule has 2 unspecified atom stereocenters. The minimum absolute atomic E-state index is 0.0646. The molecule has 2 fully saturated rings. The summed E-state index contributed by atoms with van der Waals surface area (Å²) in [7, 11) is 0. The fourth-order valence-electron chi connectivity index (χ4n) is 1.22. The average Bonchev–Trinajstić information content (AvgIpc) is 1.91. The van der Waals surface area contributed by atoms with Crippen molar-refractivity contribution >= 4 is 11.9 Å². The molecule has 2 saturated heterocycles. The fourth-order valence-corrected chi connectivity index (χ4v) is 1.22. The molecular weight excluding hydrogens is 160 g/mol. The van der Waals surface area contributed by atoms with Crippen LogP contribution in [0.5, 0.6) is 0 Å². The zero-order chi connectivity index (χ0) is 8.55. The molecule has 2 aliphatic rings. The van der Waals surface area contributed by atoms with Gasteiger partial charge in [-0.05, 0) is 12.8 Å². The molecule has 64 valence electrons. The average molecular weight is 168 g/mol. The largest absolute Gasteiger partial charge is 0.461 e. The van der Waals surface area contributed by atoms with Gasteiger partial charge in [-0.2, -0.15) is 0 Å². The number of ether oxygens (including phenoxy) is 2. The Bertz CT molecular complexity index is 183. The summed E-state index contributed by atoms with van der Waals surface area (Å²) in [6.45, 7) is 0. The molecule has 2 radical (unpaired) electrons. The number of cyclic esters (lactones) is 2. The highest BCUT2D eigenvalue weighted by Crippen LogP contribution is 2.23. The van der Waals surface area contributed by atoms with E-state index in [1.165, 1.54) is 12.8 Å². The van der Waals surface area contributed by atoms with Crippen LogP contribution in [0.3, 0.4) is 0 Å². The second kappa shape index (κ2) is 2.77. The minimum atomic E-state index is -0.255. The van der Waals surface area contributed by atoms with Crippen LogP contribution in [0.1, 0.15) is 12.8 Å². The van der Waals surface area contributed by atoms with Crippen LogP contribution in [-0.4, -0.2) is 24.1 Å². The van der Waals surface area contributed by atoms with E-state index in [1.807, 2.05) is 0 Å². The van der Waals surface area contributed by atoms with Crippen LogP contribution in [0.25, 0.3) is 0 Å². The van der Waals surface area contributed by atoms with Crippen LogP contribution in [0.2, 0.25) is 0 Å². The Morgan fingerprint density at radius 2 is 1.33 bits per heavy atom. The lowest BCUT2D eigenvalue weighted by Gasteiger charge is -2.29. The minimum Gasteiger partial charge on any atom is -0.461 e. The zero-order valence-electron chi connectivity index (χ0n) is 6.36. The van der Waals surface area contributed by atoms with Gasteiger partial charge in [-0.15, -0.1) is 0 Å². The van der Waals surface area contributed by atoms with E-state index in [0.717, 1.165) is 12.8 Å². The maximum absolute atomic E-state index is 10.3. The number of esters is 2. The van der Waals surface area contributed by atoms with Gasteiger partial charge in [0, 0.05) is 0 Å². The maximum atomic E-state index is 10.3. The first kappa shape index (κ1) is 7.58. The van der Waals surface area contributed by atoms with Gasteiger partial charge in [0.25, 0.3) is 0 Å². The number of carbonyl (C=O) groups excluding carboxylic acids is 2. The third-order valence-electron chi connectivity index (χ3n) is 1.91. The summed E-state index contributed by atoms with van der Waals surface area (Å²) in [4.78, 5) is 20.6. The molecule has 0 N–H and O–H groups in total. The van der Waals surface area contributed by atoms with Crippen LogP contribution in [-0.2, 0) is 19.1 Å². The summed E-state index contributed by atoms with van der Waals surface area (Å²) in [5.74, 6) is -0.510. The third-order valence-corrected chi connectivity index (χ3v) is 1.91. The Morgan fingerprint density at radius 3 is 1.58 bits per heavy atom. The van der Waals surface area contributed by atoms with Crippen molar-refractivity contribution in [2.45, 2.75) is 25.0 Å². The monoisotopic (exact) mass is 168 g/mol. The Balaban J connectivity index is 1.58. The summed E-state index contributed by atoms with van der Waals surface area (Å²) >= 11 is 0. The highest BCUT2D eigenvalue weighted by Gasteiger charge is 2.33. The van der Waals surface area contributed by atoms with E-state index in [4.69, 9.17) is 9.47 Å². The predicted molar refractivity (Wildman–Crippen MR) is 37.6 cm³/mol. The second-order valence-electron chi connectivity index (χ2n) is 2.86. The molecule has 0 aromatic heterocycles. The molecule has 0 aromatic carbocycles. The first-order valence-corrected chi connectivity index (χ1v) is 3.85. The topological polar surface area (TPSA) is 52.6 Å². The summed E-state index contributed by atoms with van der Waals surface area (Å²) in [5, 5.41) is 0. The quantitative estimate of drug-likeness (QED) is 0.558. The normalized spacial score (nSPS) is 33.0. The van der Waals surface area contributed by atoms with Crippen LogP contribution < -0.4 is 0 Å². The molecule has 4 nitrogen and oxygen atoms in total. The van der Waals surface area contributed by atoms with Gasteiger partial charge in [0.15, 0.2) is 0 Å². The third kappa shape index (κ3) is 1.42. The van der Waals surface area contributed by atoms with E-state index in [2.05, 4.69) is 0 Å². The molecule has 2 heterocycles. The van der Waals surface area contributed by atoms with Gasteiger partial charge in [-0.25, -0.2) is 0 Å². The van der Waals surface area contributed by atoms with E-state index >= 15 is 0 Å². The highest BCUT2D eigenvalue weighted by molar-refractivity contribution is 5.86. The van der Waals surface area contributed by atoms with Crippen LogP contribution in [0.4, 0.5) is 0 Å². The number of carbonyl (C=O) groups is 2. The Labute approximate surface area is 69.8 Å². The van der Waals surface area contributed by atoms with Crippen molar-refractivity contribution in [2.75, 3.05) is 0 Å². The van der Waals surface area contributed by atoms with Gasteiger partial charge in [-0.3, -0.25) is 9.59 Å². The van der Waals surface area contributed by atoms with Crippen LogP contribution in [0.15, 0.2) is 0 Å². The van der Waals surface area contributed by atoms with Crippen molar-refractivity contribution < 1.29 is 19.1 Å². The number of hydrogen-bond acceptors (Lipinski definition) is 4. The summed E-state index contributed by atoms with van der Waals surface area (Å²) in [5.41, 5.74) is 0. The van der Waals surface area contributed by atoms with Crippen LogP contribution in [0, 0.1) is 12.8 Å². The lowest BCUT2D eigenvalue weighted by Crippen LogP contribution is -2.38. The molecule has 0 aromatic rings. The van der Waals surface area contributed by atoms with Crippen molar-refractivity contribution in [3.05, 3.63) is 12.8 Å². The molecule has 4 heteroatoms. The highest BCUT2D eigenvalue weighted by atomic mass is 16.6. The maximum Gasteiger partial charge on any atom is 0.314 e. The molecule has 0 saturated carbocycles. The lowest BCUT2D eigenvalue weighted by atomic mass is 10.0. The van der Waals surface area contributed by atoms with E-state index in [0.29, 0.717) is 0 Å². The Kier molecular flexibility index (Phi) is 1.75.